The standard InChI is InChI=1S/C22H15BrF2N4O.C18H14F2N4O.2CH4/c23-14-7-15-13(9-26-22(15)27-10-14)5-12-6-17(25)20(8-16(12)24)30-11-21-28-18-3-1-2-4-19(18)29-21;1-24-9-13(8-23-24)11-3-14-12(7-22-18(14)21-6-11)2-10-4-16(20)17(25)5-15(10)19;;/h1-4,6-10H,5,11H2,(H,26,27)(H,28,29);3-9,25H,2H2,1H3,(H,21,22);2*1H4. The summed E-state index contributed by atoms with van der Waals surface area (Å²) in [6, 6.07) is 15.4. The van der Waals surface area contributed by atoms with E-state index < -0.39 is 29.0 Å². The Kier molecular flexibility index (Phi) is 11.8. The fourth-order valence-electron chi connectivity index (χ4n) is 6.27. The van der Waals surface area contributed by atoms with Gasteiger partial charge in [-0.3, -0.25) is 4.68 Å². The van der Waals surface area contributed by atoms with Gasteiger partial charge < -0.3 is 24.8 Å². The molecule has 0 unspecified atom stereocenters. The molecule has 0 aliphatic carbocycles. The Morgan fingerprint density at radius 2 is 1.39 bits per heavy atom. The van der Waals surface area contributed by atoms with E-state index in [4.69, 9.17) is 4.74 Å². The number of fused-ring (bicyclic) bond motifs is 3. The number of benzene rings is 3. The van der Waals surface area contributed by atoms with E-state index in [9.17, 15) is 22.7 Å². The number of nitrogens with one attached hydrogen (secondary N) is 3. The number of halogens is 5. The number of aryl methyl sites for hydroxylation is 1. The van der Waals surface area contributed by atoms with Crippen molar-refractivity contribution >= 4 is 49.0 Å². The van der Waals surface area contributed by atoms with E-state index in [0.717, 1.165) is 66.7 Å². The summed E-state index contributed by atoms with van der Waals surface area (Å²) < 4.78 is 64.8. The van der Waals surface area contributed by atoms with Crippen LogP contribution in [0.2, 0.25) is 0 Å². The quantitative estimate of drug-likeness (QED) is 0.113. The van der Waals surface area contributed by atoms with Gasteiger partial charge in [-0.2, -0.15) is 5.10 Å². The maximum atomic E-state index is 14.7. The number of pyridine rings is 2. The van der Waals surface area contributed by atoms with E-state index in [0.29, 0.717) is 17.1 Å². The number of hydrogen-bond acceptors (Lipinski definition) is 6. The van der Waals surface area contributed by atoms with Crippen molar-refractivity contribution < 1.29 is 27.4 Å². The molecule has 0 radical (unpaired) electrons. The maximum Gasteiger partial charge on any atom is 0.165 e. The van der Waals surface area contributed by atoms with Crippen molar-refractivity contribution in [2.75, 3.05) is 0 Å². The third-order valence-corrected chi connectivity index (χ3v) is 9.45. The zero-order valence-electron chi connectivity index (χ0n) is 28.8. The molecule has 0 fully saturated rings. The summed E-state index contributed by atoms with van der Waals surface area (Å²) in [5.41, 5.74) is 6.85. The van der Waals surface area contributed by atoms with Gasteiger partial charge in [-0.15, -0.1) is 0 Å². The van der Waals surface area contributed by atoms with Gasteiger partial charge in [-0.25, -0.2) is 32.5 Å². The van der Waals surface area contributed by atoms with Gasteiger partial charge >= 0.3 is 0 Å². The molecular formula is C42H37BrF4N8O2. The second-order valence-corrected chi connectivity index (χ2v) is 13.7. The lowest BCUT2D eigenvalue weighted by molar-refractivity contribution is 0.280. The van der Waals surface area contributed by atoms with Gasteiger partial charge in [0.2, 0.25) is 0 Å². The molecule has 0 atom stereocenters. The van der Waals surface area contributed by atoms with Gasteiger partial charge in [0, 0.05) is 89.4 Å². The van der Waals surface area contributed by atoms with Crippen LogP contribution in [0, 0.1) is 23.3 Å². The molecule has 6 heterocycles. The van der Waals surface area contributed by atoms with Gasteiger partial charge in [-0.1, -0.05) is 27.0 Å². The highest BCUT2D eigenvalue weighted by atomic mass is 79.9. The minimum absolute atomic E-state index is 0. The summed E-state index contributed by atoms with van der Waals surface area (Å²) in [6.07, 6.45) is 10.9. The highest BCUT2D eigenvalue weighted by Gasteiger charge is 2.16. The minimum atomic E-state index is -0.842. The van der Waals surface area contributed by atoms with Gasteiger partial charge in [0.15, 0.2) is 23.1 Å². The Morgan fingerprint density at radius 3 is 2.07 bits per heavy atom. The van der Waals surface area contributed by atoms with Crippen molar-refractivity contribution in [1.82, 2.24) is 39.7 Å². The van der Waals surface area contributed by atoms with Gasteiger partial charge in [0.1, 0.15) is 35.4 Å². The smallest absolute Gasteiger partial charge is 0.165 e. The fraction of sp³-hybridized carbons (Fsp3) is 0.143. The van der Waals surface area contributed by atoms with E-state index in [-0.39, 0.29) is 51.2 Å². The predicted molar refractivity (Wildman–Crippen MR) is 216 cm³/mol. The number of phenolic OH excluding ortho intramolecular Hbond substituents is 1. The molecule has 0 aliphatic rings. The van der Waals surface area contributed by atoms with E-state index in [1.165, 1.54) is 6.07 Å². The van der Waals surface area contributed by atoms with Crippen LogP contribution < -0.4 is 4.74 Å². The lowest BCUT2D eigenvalue weighted by atomic mass is 10.0. The highest BCUT2D eigenvalue weighted by molar-refractivity contribution is 9.10. The van der Waals surface area contributed by atoms with Gasteiger partial charge in [-0.05, 0) is 74.6 Å². The van der Waals surface area contributed by atoms with Crippen LogP contribution in [0.1, 0.15) is 42.9 Å². The molecule has 6 aromatic heterocycles. The molecular weight excluding hydrogens is 804 g/mol. The number of nitrogens with zero attached hydrogens (tertiary/aromatic N) is 5. The molecule has 0 amide bonds. The zero-order chi connectivity index (χ0) is 38.2. The third-order valence-electron chi connectivity index (χ3n) is 9.02. The number of phenols is 1. The number of aromatic nitrogens is 8. The van der Waals surface area contributed by atoms with E-state index in [1.54, 1.807) is 35.7 Å². The molecule has 9 aromatic rings. The number of imidazole rings is 1. The summed E-state index contributed by atoms with van der Waals surface area (Å²) in [4.78, 5) is 22.2. The number of aromatic hydroxyl groups is 1. The van der Waals surface area contributed by atoms with Crippen LogP contribution in [-0.4, -0.2) is 44.8 Å². The van der Waals surface area contributed by atoms with E-state index >= 15 is 0 Å². The third kappa shape index (κ3) is 8.53. The van der Waals surface area contributed by atoms with Crippen LogP contribution in [0.3, 0.4) is 0 Å². The first-order valence-corrected chi connectivity index (χ1v) is 17.6. The molecule has 0 bridgehead atoms. The average Bonchev–Trinajstić information content (AvgIpc) is 3.98. The minimum Gasteiger partial charge on any atom is -0.505 e. The number of hydrogen-bond donors (Lipinski definition) is 4. The van der Waals surface area contributed by atoms with Crippen LogP contribution in [0.5, 0.6) is 11.5 Å². The Balaban J connectivity index is 0.000000189. The highest BCUT2D eigenvalue weighted by Crippen LogP contribution is 2.30. The SMILES string of the molecule is C.C.Cn1cc(-c2cnc3[nH]cc(Cc4cc(F)c(O)cc4F)c3c2)cn1.Fc1cc(OCc2nc3ccccc3[nH]2)c(F)cc1Cc1c[nH]c2ncc(Br)cc12. The normalized spacial score (nSPS) is 11.0. The summed E-state index contributed by atoms with van der Waals surface area (Å²) in [6.45, 7) is 0.00648. The zero-order valence-corrected chi connectivity index (χ0v) is 30.4. The maximum absolute atomic E-state index is 14.7. The predicted octanol–water partition coefficient (Wildman–Crippen LogP) is 10.5. The molecule has 15 heteroatoms. The Hall–Kier alpha value is -6.48. The largest absolute Gasteiger partial charge is 0.505 e. The number of ether oxygens (including phenoxy) is 1. The monoisotopic (exact) mass is 840 g/mol. The molecule has 0 spiro atoms. The van der Waals surface area contributed by atoms with Crippen LogP contribution in [-0.2, 0) is 26.5 Å². The first kappa shape index (κ1) is 40.2. The van der Waals surface area contributed by atoms with Crippen LogP contribution in [0.15, 0.2) is 102 Å². The molecule has 9 rings (SSSR count). The van der Waals surface area contributed by atoms with E-state index in [2.05, 4.69) is 50.9 Å². The Bertz CT molecular complexity index is 2810. The molecule has 0 aliphatic heterocycles. The van der Waals surface area contributed by atoms with Crippen molar-refractivity contribution in [3.8, 4) is 22.6 Å². The summed E-state index contributed by atoms with van der Waals surface area (Å²) in [7, 11) is 1.83. The van der Waals surface area contributed by atoms with Crippen molar-refractivity contribution in [2.45, 2.75) is 34.3 Å². The number of para-hydroxylation sites is 2. The summed E-state index contributed by atoms with van der Waals surface area (Å²) in [5, 5.41) is 15.1. The molecule has 0 saturated carbocycles. The number of rotatable bonds is 8. The number of aromatic amines is 3. The topological polar surface area (TPSA) is 133 Å². The van der Waals surface area contributed by atoms with E-state index in [1.807, 2.05) is 49.6 Å². The molecule has 292 valence electrons. The lowest BCUT2D eigenvalue weighted by Gasteiger charge is -2.09. The first-order chi connectivity index (χ1) is 26.6. The second-order valence-electron chi connectivity index (χ2n) is 12.8. The van der Waals surface area contributed by atoms with Gasteiger partial charge in [0.05, 0.1) is 17.2 Å². The van der Waals surface area contributed by atoms with Crippen LogP contribution in [0.25, 0.3) is 44.2 Å². The molecule has 0 saturated heterocycles. The average molecular weight is 842 g/mol. The molecule has 57 heavy (non-hydrogen) atoms. The molecule has 4 N–H and O–H groups in total. The molecule has 10 nitrogen and oxygen atoms in total. The summed E-state index contributed by atoms with van der Waals surface area (Å²) >= 11 is 3.39. The van der Waals surface area contributed by atoms with Crippen molar-refractivity contribution in [1.29, 1.82) is 0 Å². The lowest BCUT2D eigenvalue weighted by Crippen LogP contribution is -2.02. The van der Waals surface area contributed by atoms with Crippen LogP contribution in [0.4, 0.5) is 17.6 Å². The Morgan fingerprint density at radius 1 is 0.737 bits per heavy atom. The fourth-order valence-corrected chi connectivity index (χ4v) is 6.60. The second kappa shape index (κ2) is 16.7. The Labute approximate surface area is 332 Å². The van der Waals surface area contributed by atoms with Crippen LogP contribution >= 0.6 is 15.9 Å². The first-order valence-electron chi connectivity index (χ1n) is 16.9. The van der Waals surface area contributed by atoms with Crippen molar-refractivity contribution in [2.24, 2.45) is 7.05 Å². The van der Waals surface area contributed by atoms with Crippen molar-refractivity contribution in [3.63, 3.8) is 0 Å². The summed E-state index contributed by atoms with van der Waals surface area (Å²) in [5.74, 6) is -2.96. The molecule has 3 aromatic carbocycles. The van der Waals surface area contributed by atoms with Crippen molar-refractivity contribution in [3.05, 3.63) is 154 Å². The number of H-pyrrole nitrogens is 3. The van der Waals surface area contributed by atoms with Gasteiger partial charge in [0.25, 0.3) is 0 Å².